The number of aliphatic hydroxyl groups excluding tert-OH is 1. The molecule has 0 saturated carbocycles. The van der Waals surface area contributed by atoms with Crippen molar-refractivity contribution in [3.05, 3.63) is 41.0 Å². The van der Waals surface area contributed by atoms with Gasteiger partial charge in [-0.1, -0.05) is 43.6 Å². The number of aryl methyl sites for hydroxylation is 1. The summed E-state index contributed by atoms with van der Waals surface area (Å²) in [6.45, 7) is 4.31. The average Bonchev–Trinajstić information content (AvgIpc) is 2.89. The monoisotopic (exact) mass is 335 g/mol. The number of nitrogens with one attached hydrogen (secondary N) is 1. The minimum Gasteiger partial charge on any atom is -0.393 e. The van der Waals surface area contributed by atoms with Crippen molar-refractivity contribution >= 4 is 17.5 Å². The van der Waals surface area contributed by atoms with Gasteiger partial charge in [0.25, 0.3) is 5.91 Å². The van der Waals surface area contributed by atoms with Crippen LogP contribution in [-0.2, 0) is 7.05 Å². The van der Waals surface area contributed by atoms with Crippen LogP contribution in [0.1, 0.15) is 30.6 Å². The molecule has 1 aromatic heterocycles. The van der Waals surface area contributed by atoms with Gasteiger partial charge in [0, 0.05) is 25.4 Å². The molecule has 0 bridgehead atoms. The lowest BCUT2D eigenvalue weighted by Crippen LogP contribution is -2.28. The van der Waals surface area contributed by atoms with Crippen LogP contribution in [0.15, 0.2) is 30.5 Å². The Morgan fingerprint density at radius 2 is 2.09 bits per heavy atom. The summed E-state index contributed by atoms with van der Waals surface area (Å²) < 4.78 is 1.59. The van der Waals surface area contributed by atoms with E-state index >= 15 is 0 Å². The number of nitrogens with zero attached hydrogens (tertiary/aromatic N) is 2. The van der Waals surface area contributed by atoms with Gasteiger partial charge in [-0.05, 0) is 18.4 Å². The average molecular weight is 336 g/mol. The molecule has 1 heterocycles. The number of aromatic nitrogens is 2. The van der Waals surface area contributed by atoms with Crippen LogP contribution in [0, 0.1) is 5.92 Å². The normalized spacial score (nSPS) is 12.4. The molecule has 0 saturated heterocycles. The fourth-order valence-corrected chi connectivity index (χ4v) is 2.49. The first kappa shape index (κ1) is 17.5. The Bertz CT molecular complexity index is 682. The van der Waals surface area contributed by atoms with Gasteiger partial charge in [-0.2, -0.15) is 5.10 Å². The summed E-state index contributed by atoms with van der Waals surface area (Å²) in [7, 11) is 1.76. The van der Waals surface area contributed by atoms with Crippen molar-refractivity contribution in [2.45, 2.75) is 26.4 Å². The van der Waals surface area contributed by atoms with Crippen LogP contribution in [0.2, 0.25) is 5.02 Å². The molecule has 1 aromatic carbocycles. The third kappa shape index (κ3) is 4.33. The number of benzene rings is 1. The van der Waals surface area contributed by atoms with Gasteiger partial charge in [0.15, 0.2) is 0 Å². The molecule has 0 aliphatic heterocycles. The quantitative estimate of drug-likeness (QED) is 0.853. The lowest BCUT2D eigenvalue weighted by atomic mass is 10.0. The first-order valence-corrected chi connectivity index (χ1v) is 8.02. The zero-order chi connectivity index (χ0) is 17.0. The van der Waals surface area contributed by atoms with E-state index in [0.717, 1.165) is 5.56 Å². The van der Waals surface area contributed by atoms with Crippen molar-refractivity contribution in [3.8, 4) is 11.3 Å². The third-order valence-electron chi connectivity index (χ3n) is 3.70. The zero-order valence-electron chi connectivity index (χ0n) is 13.6. The van der Waals surface area contributed by atoms with Crippen molar-refractivity contribution in [1.29, 1.82) is 0 Å². The van der Waals surface area contributed by atoms with E-state index in [4.69, 9.17) is 11.6 Å². The Morgan fingerprint density at radius 3 is 2.74 bits per heavy atom. The number of amides is 1. The smallest absolute Gasteiger partial charge is 0.255 e. The van der Waals surface area contributed by atoms with E-state index in [0.29, 0.717) is 29.2 Å². The van der Waals surface area contributed by atoms with Gasteiger partial charge in [-0.15, -0.1) is 0 Å². The molecule has 1 unspecified atom stereocenters. The standard InChI is InChI=1S/C17H22ClN3O2/c1-11(2)15(22)8-9-19-17(23)13-10-21(3)20-16(13)12-6-4-5-7-14(12)18/h4-7,10-11,15,22H,8-9H2,1-3H3,(H,19,23). The van der Waals surface area contributed by atoms with Crippen LogP contribution >= 0.6 is 11.6 Å². The number of aliphatic hydroxyl groups is 1. The van der Waals surface area contributed by atoms with E-state index in [1.54, 1.807) is 24.0 Å². The Labute approximate surface area is 141 Å². The molecule has 0 aliphatic carbocycles. The second kappa shape index (κ2) is 7.62. The molecule has 2 N–H and O–H groups in total. The van der Waals surface area contributed by atoms with Gasteiger partial charge in [0.05, 0.1) is 16.7 Å². The highest BCUT2D eigenvalue weighted by atomic mass is 35.5. The molecule has 1 atom stereocenters. The largest absolute Gasteiger partial charge is 0.393 e. The second-order valence-electron chi connectivity index (χ2n) is 5.90. The number of rotatable bonds is 6. The minimum absolute atomic E-state index is 0.170. The molecule has 23 heavy (non-hydrogen) atoms. The molecule has 0 fully saturated rings. The Morgan fingerprint density at radius 1 is 1.39 bits per heavy atom. The van der Waals surface area contributed by atoms with Gasteiger partial charge in [-0.3, -0.25) is 9.48 Å². The summed E-state index contributed by atoms with van der Waals surface area (Å²) in [6, 6.07) is 7.30. The van der Waals surface area contributed by atoms with Crippen LogP contribution in [0.5, 0.6) is 0 Å². The highest BCUT2D eigenvalue weighted by molar-refractivity contribution is 6.33. The number of hydrogen-bond donors (Lipinski definition) is 2. The van der Waals surface area contributed by atoms with Crippen LogP contribution in [-0.4, -0.2) is 33.4 Å². The van der Waals surface area contributed by atoms with E-state index in [-0.39, 0.29) is 11.8 Å². The maximum atomic E-state index is 12.4. The van der Waals surface area contributed by atoms with Gasteiger partial charge in [0.1, 0.15) is 5.69 Å². The number of carbonyl (C=O) groups is 1. The Kier molecular flexibility index (Phi) is 5.80. The second-order valence-corrected chi connectivity index (χ2v) is 6.31. The number of hydrogen-bond acceptors (Lipinski definition) is 3. The Balaban J connectivity index is 2.14. The summed E-state index contributed by atoms with van der Waals surface area (Å²) in [5.74, 6) is -0.0482. The predicted octanol–water partition coefficient (Wildman–Crippen LogP) is 2.88. The maximum Gasteiger partial charge on any atom is 0.255 e. The fraction of sp³-hybridized carbons (Fsp3) is 0.412. The lowest BCUT2D eigenvalue weighted by molar-refractivity contribution is 0.0920. The molecular weight excluding hydrogens is 314 g/mol. The van der Waals surface area contributed by atoms with Crippen LogP contribution in [0.25, 0.3) is 11.3 Å². The van der Waals surface area contributed by atoms with E-state index < -0.39 is 6.10 Å². The van der Waals surface area contributed by atoms with Crippen LogP contribution in [0.4, 0.5) is 0 Å². The molecule has 0 radical (unpaired) electrons. The molecule has 1 amide bonds. The van der Waals surface area contributed by atoms with E-state index in [1.807, 2.05) is 32.0 Å². The van der Waals surface area contributed by atoms with Crippen molar-refractivity contribution in [1.82, 2.24) is 15.1 Å². The number of halogens is 1. The molecule has 0 spiro atoms. The SMILES string of the molecule is CC(C)C(O)CCNC(=O)c1cn(C)nc1-c1ccccc1Cl. The highest BCUT2D eigenvalue weighted by Crippen LogP contribution is 2.28. The molecule has 2 rings (SSSR count). The zero-order valence-corrected chi connectivity index (χ0v) is 14.3. The van der Waals surface area contributed by atoms with Crippen molar-refractivity contribution < 1.29 is 9.90 Å². The van der Waals surface area contributed by atoms with Gasteiger partial charge in [0.2, 0.25) is 0 Å². The molecule has 124 valence electrons. The van der Waals surface area contributed by atoms with Gasteiger partial charge >= 0.3 is 0 Å². The molecule has 5 nitrogen and oxygen atoms in total. The molecule has 6 heteroatoms. The summed E-state index contributed by atoms with van der Waals surface area (Å²) in [5, 5.41) is 17.5. The first-order chi connectivity index (χ1) is 10.9. The summed E-state index contributed by atoms with van der Waals surface area (Å²) in [5.41, 5.74) is 1.75. The third-order valence-corrected chi connectivity index (χ3v) is 4.03. The molecule has 0 aliphatic rings. The van der Waals surface area contributed by atoms with Crippen molar-refractivity contribution in [3.63, 3.8) is 0 Å². The number of carbonyl (C=O) groups excluding carboxylic acids is 1. The minimum atomic E-state index is -0.424. The van der Waals surface area contributed by atoms with Gasteiger partial charge in [-0.25, -0.2) is 0 Å². The summed E-state index contributed by atoms with van der Waals surface area (Å²) in [6.07, 6.45) is 1.77. The first-order valence-electron chi connectivity index (χ1n) is 7.65. The summed E-state index contributed by atoms with van der Waals surface area (Å²) in [4.78, 5) is 12.4. The van der Waals surface area contributed by atoms with E-state index in [1.165, 1.54) is 0 Å². The molecule has 2 aromatic rings. The fourth-order valence-electron chi connectivity index (χ4n) is 2.27. The van der Waals surface area contributed by atoms with E-state index in [2.05, 4.69) is 10.4 Å². The lowest BCUT2D eigenvalue weighted by Gasteiger charge is -2.14. The Hall–Kier alpha value is -1.85. The van der Waals surface area contributed by atoms with Gasteiger partial charge < -0.3 is 10.4 Å². The summed E-state index contributed by atoms with van der Waals surface area (Å²) >= 11 is 6.21. The maximum absolute atomic E-state index is 12.4. The van der Waals surface area contributed by atoms with Crippen molar-refractivity contribution in [2.24, 2.45) is 13.0 Å². The van der Waals surface area contributed by atoms with Crippen LogP contribution < -0.4 is 5.32 Å². The van der Waals surface area contributed by atoms with E-state index in [9.17, 15) is 9.90 Å². The highest BCUT2D eigenvalue weighted by Gasteiger charge is 2.19. The molecular formula is C17H22ClN3O2. The van der Waals surface area contributed by atoms with Crippen molar-refractivity contribution in [2.75, 3.05) is 6.54 Å². The topological polar surface area (TPSA) is 67.2 Å². The van der Waals surface area contributed by atoms with Crippen LogP contribution in [0.3, 0.4) is 0 Å². The predicted molar refractivity (Wildman–Crippen MR) is 91.4 cm³/mol.